The van der Waals surface area contributed by atoms with Crippen LogP contribution >= 0.6 is 11.3 Å². The maximum Gasteiger partial charge on any atom is 0.244 e. The van der Waals surface area contributed by atoms with Crippen molar-refractivity contribution in [2.45, 2.75) is 51.5 Å². The van der Waals surface area contributed by atoms with E-state index in [0.29, 0.717) is 42.2 Å². The van der Waals surface area contributed by atoms with E-state index in [1.165, 1.54) is 9.18 Å². The van der Waals surface area contributed by atoms with Crippen LogP contribution in [0.2, 0.25) is 0 Å². The minimum Gasteiger partial charge on any atom is -0.382 e. The van der Waals surface area contributed by atoms with Crippen molar-refractivity contribution in [3.05, 3.63) is 86.6 Å². The molecule has 3 aromatic rings. The molecule has 1 aliphatic rings. The Morgan fingerprint density at radius 3 is 2.49 bits per heavy atom. The molecular formula is C29H36N2O4S2. The third-order valence-electron chi connectivity index (χ3n) is 6.82. The van der Waals surface area contributed by atoms with E-state index in [4.69, 9.17) is 4.74 Å². The quantitative estimate of drug-likeness (QED) is 0.329. The zero-order valence-corrected chi connectivity index (χ0v) is 23.7. The first-order valence-electron chi connectivity index (χ1n) is 12.8. The molecule has 1 amide bonds. The number of benzene rings is 2. The van der Waals surface area contributed by atoms with Crippen LogP contribution in [0.25, 0.3) is 0 Å². The molecule has 1 unspecified atom stereocenters. The van der Waals surface area contributed by atoms with E-state index in [2.05, 4.69) is 11.4 Å². The number of amides is 1. The molecule has 0 saturated carbocycles. The Hall–Kier alpha value is -2.52. The Balaban J connectivity index is 1.67. The maximum atomic E-state index is 14.0. The number of hydrogen-bond acceptors (Lipinski definition) is 5. The van der Waals surface area contributed by atoms with E-state index in [1.807, 2.05) is 75.1 Å². The van der Waals surface area contributed by atoms with Crippen LogP contribution in [0.15, 0.2) is 58.8 Å². The topological polar surface area (TPSA) is 66.9 Å². The number of rotatable bonds is 10. The summed E-state index contributed by atoms with van der Waals surface area (Å²) in [4.78, 5) is 17.3. The summed E-state index contributed by atoms with van der Waals surface area (Å²) in [6, 6.07) is 15.6. The number of ether oxygens (including phenoxy) is 1. The van der Waals surface area contributed by atoms with Crippen molar-refractivity contribution in [3.8, 4) is 0 Å². The fraction of sp³-hybridized carbons (Fsp3) is 0.414. The van der Waals surface area contributed by atoms with Gasteiger partial charge in [-0.25, -0.2) is 8.42 Å². The summed E-state index contributed by atoms with van der Waals surface area (Å²) in [5.41, 5.74) is 4.57. The van der Waals surface area contributed by atoms with Crippen molar-refractivity contribution < 1.29 is 17.9 Å². The highest BCUT2D eigenvalue weighted by atomic mass is 32.2. The normalized spacial score (nSPS) is 15.7. The lowest BCUT2D eigenvalue weighted by Crippen LogP contribution is -2.47. The van der Waals surface area contributed by atoms with Crippen molar-refractivity contribution in [1.82, 2.24) is 9.21 Å². The van der Waals surface area contributed by atoms with Gasteiger partial charge in [-0.15, -0.1) is 11.3 Å². The van der Waals surface area contributed by atoms with Gasteiger partial charge in [0.2, 0.25) is 15.9 Å². The number of hydrogen-bond donors (Lipinski definition) is 0. The van der Waals surface area contributed by atoms with Gasteiger partial charge in [0.15, 0.2) is 0 Å². The molecule has 37 heavy (non-hydrogen) atoms. The highest BCUT2D eigenvalue weighted by molar-refractivity contribution is 7.89. The van der Waals surface area contributed by atoms with Gasteiger partial charge in [-0.05, 0) is 74.2 Å². The molecule has 4 rings (SSSR count). The number of fused-ring (bicyclic) bond motifs is 1. The molecule has 1 atom stereocenters. The second-order valence-corrected chi connectivity index (χ2v) is 12.4. The van der Waals surface area contributed by atoms with E-state index in [1.54, 1.807) is 11.3 Å². The molecule has 1 aliphatic heterocycles. The first-order valence-corrected chi connectivity index (χ1v) is 15.1. The molecule has 2 aromatic carbocycles. The molecule has 0 saturated heterocycles. The van der Waals surface area contributed by atoms with E-state index < -0.39 is 10.0 Å². The summed E-state index contributed by atoms with van der Waals surface area (Å²) in [6.07, 6.45) is 1.29. The molecular weight excluding hydrogens is 504 g/mol. The van der Waals surface area contributed by atoms with Crippen molar-refractivity contribution in [2.24, 2.45) is 0 Å². The average molecular weight is 541 g/mol. The van der Waals surface area contributed by atoms with Crippen molar-refractivity contribution >= 4 is 27.3 Å². The van der Waals surface area contributed by atoms with Crippen LogP contribution in [0.3, 0.4) is 0 Å². The standard InChI is InChI=1S/C29H36N2O4S2/c1-5-35-16-9-14-30(37(33,34)29-22(3)18-21(2)19-23(29)4)20-27(32)31-15-12-26-25(13-17-36-26)28(31)24-10-7-6-8-11-24/h6-8,10-11,13,17-19,28H,5,9,12,14-16,20H2,1-4H3. The molecule has 0 aliphatic carbocycles. The first kappa shape index (κ1) is 27.5. The summed E-state index contributed by atoms with van der Waals surface area (Å²) in [5.74, 6) is -0.187. The van der Waals surface area contributed by atoms with Gasteiger partial charge in [0.25, 0.3) is 0 Å². The van der Waals surface area contributed by atoms with Gasteiger partial charge in [0.1, 0.15) is 0 Å². The van der Waals surface area contributed by atoms with Crippen molar-refractivity contribution in [1.29, 1.82) is 0 Å². The van der Waals surface area contributed by atoms with E-state index in [0.717, 1.165) is 23.1 Å². The monoisotopic (exact) mass is 540 g/mol. The van der Waals surface area contributed by atoms with Gasteiger partial charge in [0, 0.05) is 31.2 Å². The lowest BCUT2D eigenvalue weighted by atomic mass is 9.93. The molecule has 1 aromatic heterocycles. The molecule has 0 bridgehead atoms. The van der Waals surface area contributed by atoms with Gasteiger partial charge in [-0.1, -0.05) is 48.0 Å². The van der Waals surface area contributed by atoms with Crippen LogP contribution in [0.1, 0.15) is 52.1 Å². The molecule has 0 fully saturated rings. The van der Waals surface area contributed by atoms with Crippen LogP contribution in [0, 0.1) is 20.8 Å². The van der Waals surface area contributed by atoms with Crippen molar-refractivity contribution in [3.63, 3.8) is 0 Å². The Morgan fingerprint density at radius 1 is 1.11 bits per heavy atom. The minimum atomic E-state index is -3.90. The van der Waals surface area contributed by atoms with Crippen LogP contribution < -0.4 is 0 Å². The van der Waals surface area contributed by atoms with Gasteiger partial charge in [0.05, 0.1) is 17.5 Å². The number of sulfonamides is 1. The Bertz CT molecular complexity index is 1310. The van der Waals surface area contributed by atoms with E-state index >= 15 is 0 Å². The zero-order chi connectivity index (χ0) is 26.6. The smallest absolute Gasteiger partial charge is 0.244 e. The summed E-state index contributed by atoms with van der Waals surface area (Å²) >= 11 is 1.71. The van der Waals surface area contributed by atoms with E-state index in [-0.39, 0.29) is 25.0 Å². The molecule has 0 radical (unpaired) electrons. The van der Waals surface area contributed by atoms with Gasteiger partial charge in [-0.3, -0.25) is 4.79 Å². The molecule has 8 heteroatoms. The lowest BCUT2D eigenvalue weighted by molar-refractivity contribution is -0.133. The summed E-state index contributed by atoms with van der Waals surface area (Å²) in [6.45, 7) is 9.09. The number of carbonyl (C=O) groups excluding carboxylic acids is 1. The molecule has 198 valence electrons. The predicted octanol–water partition coefficient (Wildman–Crippen LogP) is 5.26. The Morgan fingerprint density at radius 2 is 1.81 bits per heavy atom. The van der Waals surface area contributed by atoms with Crippen molar-refractivity contribution in [2.75, 3.05) is 32.8 Å². The summed E-state index contributed by atoms with van der Waals surface area (Å²) < 4.78 is 34.8. The predicted molar refractivity (Wildman–Crippen MR) is 149 cm³/mol. The number of aryl methyl sites for hydroxylation is 3. The van der Waals surface area contributed by atoms with Gasteiger partial charge < -0.3 is 9.64 Å². The summed E-state index contributed by atoms with van der Waals surface area (Å²) in [7, 11) is -3.90. The highest BCUT2D eigenvalue weighted by Crippen LogP contribution is 2.38. The van der Waals surface area contributed by atoms with E-state index in [9.17, 15) is 13.2 Å². The fourth-order valence-corrected chi connectivity index (χ4v) is 8.04. The van der Waals surface area contributed by atoms with Gasteiger partial charge >= 0.3 is 0 Å². The summed E-state index contributed by atoms with van der Waals surface area (Å²) in [5, 5.41) is 2.07. The van der Waals surface area contributed by atoms with Crippen LogP contribution in [-0.4, -0.2) is 56.4 Å². The Labute approximate surface area is 224 Å². The lowest BCUT2D eigenvalue weighted by Gasteiger charge is -2.37. The first-order chi connectivity index (χ1) is 17.7. The third-order valence-corrected chi connectivity index (χ3v) is 9.96. The highest BCUT2D eigenvalue weighted by Gasteiger charge is 2.36. The zero-order valence-electron chi connectivity index (χ0n) is 22.1. The third kappa shape index (κ3) is 5.98. The molecule has 0 N–H and O–H groups in total. The minimum absolute atomic E-state index is 0.187. The van der Waals surface area contributed by atoms with Crippen LogP contribution in [-0.2, 0) is 26.0 Å². The number of thiophene rings is 1. The Kier molecular flexibility index (Phi) is 8.85. The average Bonchev–Trinajstić information content (AvgIpc) is 3.33. The van der Waals surface area contributed by atoms with Gasteiger partial charge in [-0.2, -0.15) is 4.31 Å². The second kappa shape index (κ2) is 11.9. The molecule has 2 heterocycles. The SMILES string of the molecule is CCOCCCN(CC(=O)N1CCc2sccc2C1c1ccccc1)S(=O)(=O)c1c(C)cc(C)cc1C. The number of carbonyl (C=O) groups is 1. The largest absolute Gasteiger partial charge is 0.382 e. The molecule has 6 nitrogen and oxygen atoms in total. The molecule has 0 spiro atoms. The maximum absolute atomic E-state index is 14.0. The van der Waals surface area contributed by atoms with Crippen LogP contribution in [0.4, 0.5) is 0 Å². The fourth-order valence-electron chi connectivity index (χ4n) is 5.30. The second-order valence-electron chi connectivity index (χ2n) is 9.57. The van der Waals surface area contributed by atoms with Crippen LogP contribution in [0.5, 0.6) is 0 Å². The number of nitrogens with zero attached hydrogens (tertiary/aromatic N) is 2.